The summed E-state index contributed by atoms with van der Waals surface area (Å²) in [5.74, 6) is -0.0841. The second kappa shape index (κ2) is 10.2. The van der Waals surface area contributed by atoms with Gasteiger partial charge in [-0.3, -0.25) is 14.9 Å². The van der Waals surface area contributed by atoms with E-state index in [-0.39, 0.29) is 23.4 Å². The van der Waals surface area contributed by atoms with Crippen LogP contribution in [0.4, 0.5) is 5.69 Å². The van der Waals surface area contributed by atoms with Crippen molar-refractivity contribution in [1.82, 2.24) is 0 Å². The van der Waals surface area contributed by atoms with Gasteiger partial charge in [0.05, 0.1) is 21.0 Å². The summed E-state index contributed by atoms with van der Waals surface area (Å²) in [6, 6.07) is 21.4. The van der Waals surface area contributed by atoms with E-state index in [0.29, 0.717) is 21.3 Å². The molecule has 0 saturated heterocycles. The minimum atomic E-state index is -0.610. The number of nitro groups is 1. The standard InChI is InChI=1S/C24H14BrN3O4/c25-22-11-16(8-9-23(22)32-15-19-5-2-1-4-18(19)13-26)10-20(14-27)24(29)17-6-3-7-21(12-17)28(30)31/h1-12H,15H2. The molecule has 3 rings (SSSR count). The fourth-order valence-corrected chi connectivity index (χ4v) is 3.38. The van der Waals surface area contributed by atoms with Crippen LogP contribution in [0.3, 0.4) is 0 Å². The predicted molar refractivity (Wildman–Crippen MR) is 121 cm³/mol. The molecule has 0 heterocycles. The topological polar surface area (TPSA) is 117 Å². The maximum atomic E-state index is 12.7. The van der Waals surface area contributed by atoms with Crippen molar-refractivity contribution in [3.05, 3.63) is 109 Å². The van der Waals surface area contributed by atoms with Crippen molar-refractivity contribution in [3.63, 3.8) is 0 Å². The minimum Gasteiger partial charge on any atom is -0.488 e. The Balaban J connectivity index is 1.80. The average molecular weight is 488 g/mol. The maximum absolute atomic E-state index is 12.7. The monoisotopic (exact) mass is 487 g/mol. The number of hydrogen-bond acceptors (Lipinski definition) is 6. The van der Waals surface area contributed by atoms with E-state index in [1.165, 1.54) is 24.3 Å². The Morgan fingerprint density at radius 1 is 1.09 bits per heavy atom. The highest BCUT2D eigenvalue weighted by molar-refractivity contribution is 9.10. The van der Waals surface area contributed by atoms with Gasteiger partial charge in [0.2, 0.25) is 5.78 Å². The van der Waals surface area contributed by atoms with E-state index in [4.69, 9.17) is 4.74 Å². The molecule has 0 unspecified atom stereocenters. The predicted octanol–water partition coefficient (Wildman–Crippen LogP) is 5.60. The summed E-state index contributed by atoms with van der Waals surface area (Å²) in [7, 11) is 0. The quantitative estimate of drug-likeness (QED) is 0.141. The molecule has 0 N–H and O–H groups in total. The van der Waals surface area contributed by atoms with Gasteiger partial charge in [-0.05, 0) is 45.8 Å². The molecular formula is C24H14BrN3O4. The van der Waals surface area contributed by atoms with Gasteiger partial charge in [-0.1, -0.05) is 36.4 Å². The van der Waals surface area contributed by atoms with Crippen molar-refractivity contribution in [2.24, 2.45) is 0 Å². The second-order valence-corrected chi connectivity index (χ2v) is 7.41. The molecular weight excluding hydrogens is 474 g/mol. The number of rotatable bonds is 7. The maximum Gasteiger partial charge on any atom is 0.270 e. The van der Waals surface area contributed by atoms with Crippen molar-refractivity contribution in [1.29, 1.82) is 10.5 Å². The molecule has 0 aromatic heterocycles. The molecule has 32 heavy (non-hydrogen) atoms. The number of nitriles is 2. The van der Waals surface area contributed by atoms with Gasteiger partial charge < -0.3 is 4.74 Å². The molecule has 0 aliphatic carbocycles. The van der Waals surface area contributed by atoms with Gasteiger partial charge in [0.1, 0.15) is 24.0 Å². The molecule has 0 saturated carbocycles. The number of allylic oxidation sites excluding steroid dienone is 1. The molecule has 3 aromatic rings. The van der Waals surface area contributed by atoms with Gasteiger partial charge in [-0.25, -0.2) is 0 Å². The number of halogens is 1. The average Bonchev–Trinajstić information content (AvgIpc) is 2.81. The molecule has 7 nitrogen and oxygen atoms in total. The zero-order valence-corrected chi connectivity index (χ0v) is 18.1. The summed E-state index contributed by atoms with van der Waals surface area (Å²) in [6.45, 7) is 0.201. The molecule has 0 radical (unpaired) electrons. The number of benzene rings is 3. The molecule has 0 bridgehead atoms. The summed E-state index contributed by atoms with van der Waals surface area (Å²) < 4.78 is 6.39. The fourth-order valence-electron chi connectivity index (χ4n) is 2.87. The second-order valence-electron chi connectivity index (χ2n) is 6.55. The summed E-state index contributed by atoms with van der Waals surface area (Å²) in [6.07, 6.45) is 1.40. The van der Waals surface area contributed by atoms with E-state index in [1.807, 2.05) is 18.2 Å². The number of carbonyl (C=O) groups is 1. The van der Waals surface area contributed by atoms with Gasteiger partial charge in [0, 0.05) is 23.3 Å². The Bertz CT molecular complexity index is 1320. The smallest absolute Gasteiger partial charge is 0.270 e. The van der Waals surface area contributed by atoms with E-state index in [1.54, 1.807) is 30.3 Å². The first-order valence-corrected chi connectivity index (χ1v) is 10.0. The van der Waals surface area contributed by atoms with Crippen molar-refractivity contribution in [2.45, 2.75) is 6.61 Å². The number of non-ortho nitro benzene ring substituents is 1. The minimum absolute atomic E-state index is 0.0576. The molecule has 156 valence electrons. The Morgan fingerprint density at radius 3 is 2.56 bits per heavy atom. The number of nitrogens with zero attached hydrogens (tertiary/aromatic N) is 3. The molecule has 0 atom stereocenters. The molecule has 0 aliphatic rings. The van der Waals surface area contributed by atoms with E-state index in [2.05, 4.69) is 22.0 Å². The van der Waals surface area contributed by atoms with E-state index in [0.717, 1.165) is 11.6 Å². The third-order valence-corrected chi connectivity index (χ3v) is 5.09. The highest BCUT2D eigenvalue weighted by Crippen LogP contribution is 2.28. The van der Waals surface area contributed by atoms with Crippen molar-refractivity contribution >= 4 is 33.5 Å². The lowest BCUT2D eigenvalue weighted by Gasteiger charge is -2.10. The lowest BCUT2D eigenvalue weighted by atomic mass is 10.0. The number of ether oxygens (including phenoxy) is 1. The lowest BCUT2D eigenvalue weighted by Crippen LogP contribution is -2.03. The van der Waals surface area contributed by atoms with Gasteiger partial charge in [0.15, 0.2) is 0 Å². The van der Waals surface area contributed by atoms with Crippen LogP contribution in [0.2, 0.25) is 0 Å². The van der Waals surface area contributed by atoms with Crippen LogP contribution in [0.15, 0.2) is 76.8 Å². The Kier molecular flexibility index (Phi) is 7.12. The first kappa shape index (κ1) is 22.4. The van der Waals surface area contributed by atoms with Crippen molar-refractivity contribution in [2.75, 3.05) is 0 Å². The largest absolute Gasteiger partial charge is 0.488 e. The Hall–Kier alpha value is -4.27. The van der Waals surface area contributed by atoms with Crippen LogP contribution in [-0.4, -0.2) is 10.7 Å². The van der Waals surface area contributed by atoms with Crippen LogP contribution < -0.4 is 4.74 Å². The molecule has 8 heteroatoms. The van der Waals surface area contributed by atoms with Crippen LogP contribution in [0.25, 0.3) is 6.08 Å². The summed E-state index contributed by atoms with van der Waals surface area (Å²) in [5, 5.41) is 29.6. The fraction of sp³-hybridized carbons (Fsp3) is 0.0417. The third kappa shape index (κ3) is 5.25. The Morgan fingerprint density at radius 2 is 1.88 bits per heavy atom. The molecule has 0 aliphatic heterocycles. The number of nitro benzene ring substituents is 1. The van der Waals surface area contributed by atoms with Crippen LogP contribution in [0.1, 0.15) is 27.0 Å². The van der Waals surface area contributed by atoms with Crippen LogP contribution in [0, 0.1) is 32.8 Å². The number of hydrogen-bond donors (Lipinski definition) is 0. The number of ketones is 1. The molecule has 0 spiro atoms. The number of Topliss-reactive ketones (excluding diaryl/α,β-unsaturated/α-hetero) is 1. The molecule has 0 amide bonds. The first-order valence-electron chi connectivity index (χ1n) is 9.24. The van der Waals surface area contributed by atoms with Crippen LogP contribution in [-0.2, 0) is 6.61 Å². The van der Waals surface area contributed by atoms with Gasteiger partial charge in [-0.2, -0.15) is 10.5 Å². The lowest BCUT2D eigenvalue weighted by molar-refractivity contribution is -0.384. The summed E-state index contributed by atoms with van der Waals surface area (Å²) in [4.78, 5) is 23.0. The van der Waals surface area contributed by atoms with Crippen molar-refractivity contribution in [3.8, 4) is 17.9 Å². The highest BCUT2D eigenvalue weighted by atomic mass is 79.9. The SMILES string of the molecule is N#CC(=Cc1ccc(OCc2ccccc2C#N)c(Br)c1)C(=O)c1cccc([N+](=O)[O-])c1. The van der Waals surface area contributed by atoms with Gasteiger partial charge in [-0.15, -0.1) is 0 Å². The normalized spacial score (nSPS) is 10.7. The van der Waals surface area contributed by atoms with E-state index >= 15 is 0 Å². The van der Waals surface area contributed by atoms with Gasteiger partial charge >= 0.3 is 0 Å². The highest BCUT2D eigenvalue weighted by Gasteiger charge is 2.16. The zero-order valence-electron chi connectivity index (χ0n) is 16.5. The summed E-state index contributed by atoms with van der Waals surface area (Å²) >= 11 is 3.41. The van der Waals surface area contributed by atoms with Crippen molar-refractivity contribution < 1.29 is 14.5 Å². The third-order valence-electron chi connectivity index (χ3n) is 4.47. The van der Waals surface area contributed by atoms with E-state index in [9.17, 15) is 25.4 Å². The van der Waals surface area contributed by atoms with Crippen LogP contribution >= 0.6 is 15.9 Å². The Labute approximate surface area is 192 Å². The van der Waals surface area contributed by atoms with E-state index < -0.39 is 10.7 Å². The molecule has 3 aromatic carbocycles. The zero-order chi connectivity index (χ0) is 23.1. The first-order chi connectivity index (χ1) is 15.4. The summed E-state index contributed by atoms with van der Waals surface area (Å²) in [5.41, 5.74) is 1.52. The van der Waals surface area contributed by atoms with Gasteiger partial charge in [0.25, 0.3) is 5.69 Å². The number of carbonyl (C=O) groups excluding carboxylic acids is 1. The van der Waals surface area contributed by atoms with Crippen LogP contribution in [0.5, 0.6) is 5.75 Å². The molecule has 0 fully saturated rings.